The van der Waals surface area contributed by atoms with E-state index < -0.39 is 0 Å². The number of carbonyl (C=O) groups is 1. The standard InChI is InChI=1S/C21H26BrNO4/c1-14(2)16-5-10-20(19(22)11-16)27-13-21(24)23-15(3)12-26-18-8-6-17(25-4)7-9-18/h5-11,14-15H,12-13H2,1-4H3,(H,23,24)/t15-/m1/s1. The smallest absolute Gasteiger partial charge is 0.258 e. The van der Waals surface area contributed by atoms with Gasteiger partial charge in [0.1, 0.15) is 23.9 Å². The molecule has 6 heteroatoms. The lowest BCUT2D eigenvalue weighted by Crippen LogP contribution is -2.39. The quantitative estimate of drug-likeness (QED) is 0.627. The van der Waals surface area contributed by atoms with Gasteiger partial charge in [-0.2, -0.15) is 0 Å². The molecule has 0 bridgehead atoms. The first-order valence-electron chi connectivity index (χ1n) is 8.87. The first-order valence-corrected chi connectivity index (χ1v) is 9.66. The number of ether oxygens (including phenoxy) is 3. The highest BCUT2D eigenvalue weighted by Crippen LogP contribution is 2.28. The summed E-state index contributed by atoms with van der Waals surface area (Å²) >= 11 is 3.49. The highest BCUT2D eigenvalue weighted by molar-refractivity contribution is 9.10. The molecule has 0 saturated heterocycles. The Labute approximate surface area is 169 Å². The van der Waals surface area contributed by atoms with Crippen molar-refractivity contribution in [2.45, 2.75) is 32.7 Å². The largest absolute Gasteiger partial charge is 0.497 e. The molecule has 0 aliphatic carbocycles. The van der Waals surface area contributed by atoms with Gasteiger partial charge in [-0.25, -0.2) is 0 Å². The van der Waals surface area contributed by atoms with Gasteiger partial charge in [-0.1, -0.05) is 19.9 Å². The maximum atomic E-state index is 12.1. The number of methoxy groups -OCH3 is 1. The second-order valence-corrected chi connectivity index (χ2v) is 7.44. The molecular weight excluding hydrogens is 410 g/mol. The van der Waals surface area contributed by atoms with Gasteiger partial charge in [0.2, 0.25) is 0 Å². The SMILES string of the molecule is COc1ccc(OC[C@@H](C)NC(=O)COc2ccc(C(C)C)cc2Br)cc1. The van der Waals surface area contributed by atoms with Crippen LogP contribution in [0, 0.1) is 0 Å². The summed E-state index contributed by atoms with van der Waals surface area (Å²) in [7, 11) is 1.62. The Bertz CT molecular complexity index is 746. The van der Waals surface area contributed by atoms with E-state index in [4.69, 9.17) is 14.2 Å². The molecule has 2 aromatic carbocycles. The Hall–Kier alpha value is -2.21. The zero-order valence-electron chi connectivity index (χ0n) is 16.1. The summed E-state index contributed by atoms with van der Waals surface area (Å²) in [6.45, 7) is 6.46. The van der Waals surface area contributed by atoms with E-state index in [0.29, 0.717) is 18.3 Å². The van der Waals surface area contributed by atoms with Crippen LogP contribution in [0.3, 0.4) is 0 Å². The summed E-state index contributed by atoms with van der Waals surface area (Å²) in [5.41, 5.74) is 1.21. The van der Waals surface area contributed by atoms with E-state index in [9.17, 15) is 4.79 Å². The van der Waals surface area contributed by atoms with Gasteiger partial charge in [0.15, 0.2) is 6.61 Å². The topological polar surface area (TPSA) is 56.8 Å². The molecule has 2 aromatic rings. The summed E-state index contributed by atoms with van der Waals surface area (Å²) < 4.78 is 17.2. The molecule has 0 fully saturated rings. The van der Waals surface area contributed by atoms with Crippen molar-refractivity contribution >= 4 is 21.8 Å². The molecule has 1 atom stereocenters. The molecule has 0 radical (unpaired) electrons. The van der Waals surface area contributed by atoms with Gasteiger partial charge in [-0.15, -0.1) is 0 Å². The van der Waals surface area contributed by atoms with Crippen LogP contribution >= 0.6 is 15.9 Å². The van der Waals surface area contributed by atoms with Crippen molar-refractivity contribution in [3.63, 3.8) is 0 Å². The summed E-state index contributed by atoms with van der Waals surface area (Å²) in [4.78, 5) is 12.1. The zero-order chi connectivity index (χ0) is 19.8. The first kappa shape index (κ1) is 21.1. The zero-order valence-corrected chi connectivity index (χ0v) is 17.7. The van der Waals surface area contributed by atoms with Crippen molar-refractivity contribution in [3.05, 3.63) is 52.5 Å². The predicted molar refractivity (Wildman–Crippen MR) is 110 cm³/mol. The van der Waals surface area contributed by atoms with Crippen LogP contribution in [-0.4, -0.2) is 32.3 Å². The number of hydrogen-bond acceptors (Lipinski definition) is 4. The minimum atomic E-state index is -0.194. The molecule has 0 spiro atoms. The van der Waals surface area contributed by atoms with Crippen molar-refractivity contribution < 1.29 is 19.0 Å². The Balaban J connectivity index is 1.76. The molecule has 1 N–H and O–H groups in total. The van der Waals surface area contributed by atoms with Gasteiger partial charge in [0, 0.05) is 0 Å². The van der Waals surface area contributed by atoms with Crippen LogP contribution in [0.5, 0.6) is 17.2 Å². The van der Waals surface area contributed by atoms with E-state index in [-0.39, 0.29) is 18.6 Å². The molecule has 0 aliphatic rings. The average molecular weight is 436 g/mol. The van der Waals surface area contributed by atoms with Crippen LogP contribution in [0.25, 0.3) is 0 Å². The minimum Gasteiger partial charge on any atom is -0.497 e. The van der Waals surface area contributed by atoms with Crippen LogP contribution in [-0.2, 0) is 4.79 Å². The Morgan fingerprint density at radius 2 is 1.70 bits per heavy atom. The number of nitrogens with one attached hydrogen (secondary N) is 1. The summed E-state index contributed by atoms with van der Waals surface area (Å²) in [6, 6.07) is 13.1. The predicted octanol–water partition coefficient (Wildman–Crippen LogP) is 4.54. The van der Waals surface area contributed by atoms with Crippen LogP contribution in [0.2, 0.25) is 0 Å². The molecule has 0 aliphatic heterocycles. The Kier molecular flexibility index (Phi) is 7.98. The van der Waals surface area contributed by atoms with Crippen molar-refractivity contribution in [1.82, 2.24) is 5.32 Å². The van der Waals surface area contributed by atoms with Crippen LogP contribution in [0.15, 0.2) is 46.9 Å². The van der Waals surface area contributed by atoms with E-state index in [1.165, 1.54) is 5.56 Å². The molecule has 27 heavy (non-hydrogen) atoms. The maximum absolute atomic E-state index is 12.1. The van der Waals surface area contributed by atoms with Crippen LogP contribution < -0.4 is 19.5 Å². The fraction of sp³-hybridized carbons (Fsp3) is 0.381. The fourth-order valence-corrected chi connectivity index (χ4v) is 2.90. The lowest BCUT2D eigenvalue weighted by atomic mass is 10.0. The fourth-order valence-electron chi connectivity index (χ4n) is 2.39. The summed E-state index contributed by atoms with van der Waals surface area (Å²) in [5.74, 6) is 2.39. The summed E-state index contributed by atoms with van der Waals surface area (Å²) in [5, 5.41) is 2.86. The third-order valence-corrected chi connectivity index (χ3v) is 4.57. The van der Waals surface area contributed by atoms with Crippen molar-refractivity contribution in [2.75, 3.05) is 20.3 Å². The first-order chi connectivity index (χ1) is 12.9. The normalized spacial score (nSPS) is 11.8. The van der Waals surface area contributed by atoms with Gasteiger partial charge < -0.3 is 19.5 Å². The lowest BCUT2D eigenvalue weighted by Gasteiger charge is -2.16. The molecule has 0 saturated carbocycles. The molecule has 5 nitrogen and oxygen atoms in total. The second-order valence-electron chi connectivity index (χ2n) is 6.59. The average Bonchev–Trinajstić information content (AvgIpc) is 2.65. The van der Waals surface area contributed by atoms with Gasteiger partial charge in [-0.05, 0) is 70.7 Å². The second kappa shape index (κ2) is 10.2. The van der Waals surface area contributed by atoms with Crippen LogP contribution in [0.1, 0.15) is 32.3 Å². The monoisotopic (exact) mass is 435 g/mol. The van der Waals surface area contributed by atoms with E-state index in [0.717, 1.165) is 16.0 Å². The number of rotatable bonds is 9. The van der Waals surface area contributed by atoms with E-state index in [2.05, 4.69) is 35.1 Å². The number of halogens is 1. The van der Waals surface area contributed by atoms with Crippen molar-refractivity contribution in [1.29, 1.82) is 0 Å². The van der Waals surface area contributed by atoms with Crippen molar-refractivity contribution in [2.24, 2.45) is 0 Å². The summed E-state index contributed by atoms with van der Waals surface area (Å²) in [6.07, 6.45) is 0. The molecule has 0 heterocycles. The number of carbonyl (C=O) groups excluding carboxylic acids is 1. The molecule has 2 rings (SSSR count). The number of amides is 1. The van der Waals surface area contributed by atoms with Gasteiger partial charge in [-0.3, -0.25) is 4.79 Å². The Morgan fingerprint density at radius 3 is 2.30 bits per heavy atom. The number of hydrogen-bond donors (Lipinski definition) is 1. The highest BCUT2D eigenvalue weighted by Gasteiger charge is 2.11. The van der Waals surface area contributed by atoms with E-state index in [1.54, 1.807) is 7.11 Å². The Morgan fingerprint density at radius 1 is 1.04 bits per heavy atom. The molecular formula is C21H26BrNO4. The number of benzene rings is 2. The van der Waals surface area contributed by atoms with Crippen LogP contribution in [0.4, 0.5) is 0 Å². The molecule has 1 amide bonds. The van der Waals surface area contributed by atoms with Gasteiger partial charge in [0.05, 0.1) is 17.6 Å². The van der Waals surface area contributed by atoms with Gasteiger partial charge >= 0.3 is 0 Å². The lowest BCUT2D eigenvalue weighted by molar-refractivity contribution is -0.123. The van der Waals surface area contributed by atoms with E-state index >= 15 is 0 Å². The van der Waals surface area contributed by atoms with Crippen molar-refractivity contribution in [3.8, 4) is 17.2 Å². The minimum absolute atomic E-state index is 0.0491. The third kappa shape index (κ3) is 6.79. The molecule has 0 aromatic heterocycles. The maximum Gasteiger partial charge on any atom is 0.258 e. The highest BCUT2D eigenvalue weighted by atomic mass is 79.9. The molecule has 146 valence electrons. The van der Waals surface area contributed by atoms with Gasteiger partial charge in [0.25, 0.3) is 5.91 Å². The molecule has 0 unspecified atom stereocenters. The third-order valence-electron chi connectivity index (χ3n) is 3.95. The van der Waals surface area contributed by atoms with E-state index in [1.807, 2.05) is 49.4 Å².